The van der Waals surface area contributed by atoms with Crippen molar-refractivity contribution in [3.63, 3.8) is 0 Å². The van der Waals surface area contributed by atoms with Gasteiger partial charge in [-0.3, -0.25) is 4.79 Å². The Kier molecular flexibility index (Phi) is 3.96. The quantitative estimate of drug-likeness (QED) is 0.661. The molecule has 0 saturated heterocycles. The first kappa shape index (κ1) is 10.3. The number of hydrogen-bond acceptors (Lipinski definition) is 2. The van der Waals surface area contributed by atoms with Gasteiger partial charge >= 0.3 is 0 Å². The Morgan fingerprint density at radius 3 is 3.00 bits per heavy atom. The number of aliphatic hydroxyl groups excluding tert-OH is 1. The van der Waals surface area contributed by atoms with E-state index >= 15 is 0 Å². The van der Waals surface area contributed by atoms with Crippen molar-refractivity contribution in [3.8, 4) is 0 Å². The summed E-state index contributed by atoms with van der Waals surface area (Å²) in [6.45, 7) is 3.78. The highest BCUT2D eigenvalue weighted by molar-refractivity contribution is 5.76. The largest absolute Gasteiger partial charge is 0.396 e. The molecule has 0 bridgehead atoms. The fourth-order valence-corrected chi connectivity index (χ4v) is 1.39. The highest BCUT2D eigenvalue weighted by Crippen LogP contribution is 2.10. The van der Waals surface area contributed by atoms with Crippen molar-refractivity contribution in [3.05, 3.63) is 11.6 Å². The van der Waals surface area contributed by atoms with Crippen LogP contribution in [-0.4, -0.2) is 35.6 Å². The molecular formula is C10H17NO2. The van der Waals surface area contributed by atoms with Crippen molar-refractivity contribution >= 4 is 5.91 Å². The normalized spacial score (nSPS) is 17.1. The van der Waals surface area contributed by atoms with Gasteiger partial charge in [0.25, 0.3) is 0 Å². The summed E-state index contributed by atoms with van der Waals surface area (Å²) in [7, 11) is 0. The molecule has 0 unspecified atom stereocenters. The molecule has 0 spiro atoms. The second kappa shape index (κ2) is 5.02. The smallest absolute Gasteiger partial charge is 0.222 e. The van der Waals surface area contributed by atoms with Gasteiger partial charge in [-0.2, -0.15) is 0 Å². The predicted molar refractivity (Wildman–Crippen MR) is 51.3 cm³/mol. The van der Waals surface area contributed by atoms with Crippen molar-refractivity contribution in [2.45, 2.75) is 26.2 Å². The SMILES string of the molecule is CC1=CCN(C(=O)CCCO)CC1. The summed E-state index contributed by atoms with van der Waals surface area (Å²) < 4.78 is 0. The minimum atomic E-state index is 0.106. The zero-order chi connectivity index (χ0) is 9.68. The molecule has 1 aliphatic heterocycles. The van der Waals surface area contributed by atoms with Crippen LogP contribution in [0.4, 0.5) is 0 Å². The Balaban J connectivity index is 2.32. The number of carbonyl (C=O) groups excluding carboxylic acids is 1. The van der Waals surface area contributed by atoms with Crippen LogP contribution in [0.15, 0.2) is 11.6 Å². The summed E-state index contributed by atoms with van der Waals surface area (Å²) in [6, 6.07) is 0. The lowest BCUT2D eigenvalue weighted by molar-refractivity contribution is -0.131. The fraction of sp³-hybridized carbons (Fsp3) is 0.700. The summed E-state index contributed by atoms with van der Waals surface area (Å²) in [5.74, 6) is 0.165. The molecule has 0 aromatic heterocycles. The van der Waals surface area contributed by atoms with E-state index in [2.05, 4.69) is 13.0 Å². The molecule has 0 saturated carbocycles. The van der Waals surface area contributed by atoms with Crippen LogP contribution in [0.5, 0.6) is 0 Å². The highest BCUT2D eigenvalue weighted by atomic mass is 16.3. The molecule has 3 heteroatoms. The van der Waals surface area contributed by atoms with Crippen LogP contribution in [0.2, 0.25) is 0 Å². The van der Waals surface area contributed by atoms with Gasteiger partial charge in [0.05, 0.1) is 0 Å². The molecule has 0 atom stereocenters. The van der Waals surface area contributed by atoms with Crippen molar-refractivity contribution < 1.29 is 9.90 Å². The molecule has 1 N–H and O–H groups in total. The molecule has 0 aromatic carbocycles. The molecule has 1 amide bonds. The van der Waals surface area contributed by atoms with Gasteiger partial charge in [0, 0.05) is 26.1 Å². The third-order valence-electron chi connectivity index (χ3n) is 2.34. The minimum absolute atomic E-state index is 0.106. The number of aliphatic hydroxyl groups is 1. The second-order valence-corrected chi connectivity index (χ2v) is 3.47. The monoisotopic (exact) mass is 183 g/mol. The Morgan fingerprint density at radius 1 is 1.69 bits per heavy atom. The molecule has 0 radical (unpaired) electrons. The van der Waals surface area contributed by atoms with E-state index in [4.69, 9.17) is 5.11 Å². The van der Waals surface area contributed by atoms with E-state index in [-0.39, 0.29) is 12.5 Å². The van der Waals surface area contributed by atoms with Crippen molar-refractivity contribution in [2.75, 3.05) is 19.7 Å². The van der Waals surface area contributed by atoms with E-state index in [9.17, 15) is 4.79 Å². The van der Waals surface area contributed by atoms with Gasteiger partial charge in [-0.25, -0.2) is 0 Å². The Morgan fingerprint density at radius 2 is 2.46 bits per heavy atom. The first-order valence-electron chi connectivity index (χ1n) is 4.78. The molecule has 74 valence electrons. The molecule has 1 heterocycles. The van der Waals surface area contributed by atoms with Gasteiger partial charge in [0.1, 0.15) is 0 Å². The van der Waals surface area contributed by atoms with E-state index in [1.165, 1.54) is 5.57 Å². The molecule has 0 aromatic rings. The van der Waals surface area contributed by atoms with Crippen LogP contribution in [0.25, 0.3) is 0 Å². The summed E-state index contributed by atoms with van der Waals surface area (Å²) in [6.07, 6.45) is 4.15. The number of nitrogens with zero attached hydrogens (tertiary/aromatic N) is 1. The topological polar surface area (TPSA) is 40.5 Å². The van der Waals surface area contributed by atoms with E-state index in [0.29, 0.717) is 12.8 Å². The first-order valence-corrected chi connectivity index (χ1v) is 4.78. The molecule has 3 nitrogen and oxygen atoms in total. The summed E-state index contributed by atoms with van der Waals surface area (Å²) >= 11 is 0. The van der Waals surface area contributed by atoms with Crippen LogP contribution in [-0.2, 0) is 4.79 Å². The summed E-state index contributed by atoms with van der Waals surface area (Å²) in [4.78, 5) is 13.3. The molecule has 1 aliphatic rings. The molecule has 0 fully saturated rings. The minimum Gasteiger partial charge on any atom is -0.396 e. The summed E-state index contributed by atoms with van der Waals surface area (Å²) in [5, 5.41) is 8.57. The maximum Gasteiger partial charge on any atom is 0.222 e. The lowest BCUT2D eigenvalue weighted by Gasteiger charge is -2.25. The van der Waals surface area contributed by atoms with Crippen LogP contribution >= 0.6 is 0 Å². The van der Waals surface area contributed by atoms with E-state index in [1.807, 2.05) is 4.90 Å². The standard InChI is InChI=1S/C10H17NO2/c1-9-4-6-11(7-5-9)10(13)3-2-8-12/h4,12H,2-3,5-8H2,1H3. The molecular weight excluding hydrogens is 166 g/mol. The third kappa shape index (κ3) is 3.19. The maximum absolute atomic E-state index is 11.4. The maximum atomic E-state index is 11.4. The molecule has 1 rings (SSSR count). The van der Waals surface area contributed by atoms with Crippen LogP contribution in [0.3, 0.4) is 0 Å². The lowest BCUT2D eigenvalue weighted by atomic mass is 10.1. The van der Waals surface area contributed by atoms with E-state index in [0.717, 1.165) is 19.5 Å². The summed E-state index contributed by atoms with van der Waals surface area (Å²) in [5.41, 5.74) is 1.37. The number of rotatable bonds is 3. The van der Waals surface area contributed by atoms with Gasteiger partial charge in [-0.05, 0) is 19.8 Å². The van der Waals surface area contributed by atoms with E-state index < -0.39 is 0 Å². The van der Waals surface area contributed by atoms with Gasteiger partial charge < -0.3 is 10.0 Å². The fourth-order valence-electron chi connectivity index (χ4n) is 1.39. The van der Waals surface area contributed by atoms with Gasteiger partial charge in [0.2, 0.25) is 5.91 Å². The zero-order valence-electron chi connectivity index (χ0n) is 8.12. The number of amides is 1. The Labute approximate surface area is 79.0 Å². The lowest BCUT2D eigenvalue weighted by Crippen LogP contribution is -2.34. The zero-order valence-corrected chi connectivity index (χ0v) is 8.12. The molecule has 13 heavy (non-hydrogen) atoms. The van der Waals surface area contributed by atoms with Crippen molar-refractivity contribution in [1.29, 1.82) is 0 Å². The van der Waals surface area contributed by atoms with E-state index in [1.54, 1.807) is 0 Å². The van der Waals surface area contributed by atoms with Gasteiger partial charge in [0.15, 0.2) is 0 Å². The van der Waals surface area contributed by atoms with Crippen molar-refractivity contribution in [1.82, 2.24) is 4.90 Å². The third-order valence-corrected chi connectivity index (χ3v) is 2.34. The highest BCUT2D eigenvalue weighted by Gasteiger charge is 2.14. The van der Waals surface area contributed by atoms with Gasteiger partial charge in [-0.15, -0.1) is 0 Å². The predicted octanol–water partition coefficient (Wildman–Crippen LogP) is 0.938. The average molecular weight is 183 g/mol. The Hall–Kier alpha value is -0.830. The first-order chi connectivity index (χ1) is 6.24. The van der Waals surface area contributed by atoms with Crippen LogP contribution in [0, 0.1) is 0 Å². The van der Waals surface area contributed by atoms with Crippen LogP contribution < -0.4 is 0 Å². The number of hydrogen-bond donors (Lipinski definition) is 1. The number of carbonyl (C=O) groups is 1. The second-order valence-electron chi connectivity index (χ2n) is 3.47. The molecule has 0 aliphatic carbocycles. The van der Waals surface area contributed by atoms with Crippen LogP contribution in [0.1, 0.15) is 26.2 Å². The Bertz CT molecular complexity index is 211. The average Bonchev–Trinajstić information content (AvgIpc) is 2.15. The van der Waals surface area contributed by atoms with Crippen molar-refractivity contribution in [2.24, 2.45) is 0 Å². The van der Waals surface area contributed by atoms with Gasteiger partial charge in [-0.1, -0.05) is 11.6 Å².